The van der Waals surface area contributed by atoms with Crippen molar-refractivity contribution in [3.05, 3.63) is 52.6 Å². The van der Waals surface area contributed by atoms with E-state index in [1.165, 1.54) is 16.7 Å². The number of amides is 1. The third-order valence-corrected chi connectivity index (χ3v) is 5.98. The summed E-state index contributed by atoms with van der Waals surface area (Å²) in [5, 5.41) is 0. The van der Waals surface area contributed by atoms with Gasteiger partial charge in [-0.3, -0.25) is 4.79 Å². The number of anilines is 1. The van der Waals surface area contributed by atoms with E-state index in [9.17, 15) is 4.79 Å². The van der Waals surface area contributed by atoms with Crippen LogP contribution in [0.1, 0.15) is 62.3 Å². The minimum atomic E-state index is -0.244. The van der Waals surface area contributed by atoms with E-state index in [2.05, 4.69) is 46.8 Å². The van der Waals surface area contributed by atoms with E-state index in [4.69, 9.17) is 9.73 Å². The third kappa shape index (κ3) is 2.83. The highest BCUT2D eigenvalue weighted by molar-refractivity contribution is 6.55. The Morgan fingerprint density at radius 2 is 1.93 bits per heavy atom. The van der Waals surface area contributed by atoms with Crippen molar-refractivity contribution in [1.82, 2.24) is 0 Å². The summed E-state index contributed by atoms with van der Waals surface area (Å²) in [5.41, 5.74) is 6.56. The molecule has 4 heteroatoms. The Morgan fingerprint density at radius 1 is 1.18 bits per heavy atom. The highest BCUT2D eigenvalue weighted by atomic mass is 16.5. The largest absolute Gasteiger partial charge is 0.494 e. The van der Waals surface area contributed by atoms with E-state index >= 15 is 0 Å². The van der Waals surface area contributed by atoms with Crippen molar-refractivity contribution in [2.24, 2.45) is 4.99 Å². The van der Waals surface area contributed by atoms with Crippen molar-refractivity contribution >= 4 is 23.0 Å². The number of benzene rings is 2. The lowest BCUT2D eigenvalue weighted by atomic mass is 9.80. The molecule has 0 aromatic heterocycles. The second-order valence-corrected chi connectivity index (χ2v) is 8.63. The summed E-state index contributed by atoms with van der Waals surface area (Å²) in [6.07, 6.45) is 0.914. The second kappa shape index (κ2) is 6.47. The molecule has 0 aliphatic carbocycles. The number of hydrogen-bond donors (Lipinski definition) is 0. The van der Waals surface area contributed by atoms with Gasteiger partial charge >= 0.3 is 0 Å². The average molecular weight is 377 g/mol. The SMILES string of the molecule is CCOc1cc2c3c(c1)[C@H](C)CC(C)(C)N3C(=O)C2=Nc1ccc(C)c(C)c1. The first kappa shape index (κ1) is 18.7. The molecule has 0 fully saturated rings. The number of rotatable bonds is 3. The Balaban J connectivity index is 1.94. The molecule has 2 aromatic carbocycles. The van der Waals surface area contributed by atoms with E-state index in [-0.39, 0.29) is 11.4 Å². The molecule has 0 N–H and O–H groups in total. The maximum absolute atomic E-state index is 13.5. The van der Waals surface area contributed by atoms with Crippen LogP contribution in [-0.2, 0) is 4.79 Å². The van der Waals surface area contributed by atoms with Crippen LogP contribution in [0.5, 0.6) is 5.75 Å². The summed E-state index contributed by atoms with van der Waals surface area (Å²) in [7, 11) is 0. The summed E-state index contributed by atoms with van der Waals surface area (Å²) >= 11 is 0. The van der Waals surface area contributed by atoms with Crippen LogP contribution < -0.4 is 9.64 Å². The van der Waals surface area contributed by atoms with Crippen LogP contribution in [0.3, 0.4) is 0 Å². The Labute approximate surface area is 167 Å². The lowest BCUT2D eigenvalue weighted by molar-refractivity contribution is -0.113. The van der Waals surface area contributed by atoms with Crippen LogP contribution in [0.15, 0.2) is 35.3 Å². The molecule has 1 amide bonds. The molecular formula is C24H28N2O2. The number of ether oxygens (including phenoxy) is 1. The summed E-state index contributed by atoms with van der Waals surface area (Å²) in [5.74, 6) is 1.15. The Hall–Kier alpha value is -2.62. The Kier molecular flexibility index (Phi) is 4.33. The van der Waals surface area contributed by atoms with Crippen LogP contribution in [0.25, 0.3) is 0 Å². The highest BCUT2D eigenvalue weighted by Gasteiger charge is 2.48. The smallest absolute Gasteiger partial charge is 0.278 e. The van der Waals surface area contributed by atoms with E-state index in [0.717, 1.165) is 29.1 Å². The van der Waals surface area contributed by atoms with E-state index in [0.29, 0.717) is 18.2 Å². The second-order valence-electron chi connectivity index (χ2n) is 8.63. The molecule has 4 rings (SSSR count). The van der Waals surface area contributed by atoms with Crippen LogP contribution in [0, 0.1) is 13.8 Å². The fraction of sp³-hybridized carbons (Fsp3) is 0.417. The van der Waals surface area contributed by atoms with Crippen molar-refractivity contribution in [2.45, 2.75) is 59.4 Å². The van der Waals surface area contributed by atoms with Crippen molar-refractivity contribution < 1.29 is 9.53 Å². The maximum atomic E-state index is 13.5. The number of carbonyl (C=O) groups is 1. The first-order valence-electron chi connectivity index (χ1n) is 10.0. The zero-order chi connectivity index (χ0) is 20.2. The van der Waals surface area contributed by atoms with Gasteiger partial charge in [0.1, 0.15) is 11.5 Å². The topological polar surface area (TPSA) is 41.9 Å². The van der Waals surface area contributed by atoms with E-state index < -0.39 is 0 Å². The Bertz CT molecular complexity index is 1000. The maximum Gasteiger partial charge on any atom is 0.278 e. The quantitative estimate of drug-likeness (QED) is 0.714. The van der Waals surface area contributed by atoms with Crippen molar-refractivity contribution in [1.29, 1.82) is 0 Å². The molecule has 2 aromatic rings. The van der Waals surface area contributed by atoms with Gasteiger partial charge in [0.25, 0.3) is 5.91 Å². The molecule has 2 aliphatic rings. The average Bonchev–Trinajstić information content (AvgIpc) is 2.89. The van der Waals surface area contributed by atoms with Gasteiger partial charge in [0, 0.05) is 11.1 Å². The molecule has 2 aliphatic heterocycles. The minimum Gasteiger partial charge on any atom is -0.494 e. The van der Waals surface area contributed by atoms with E-state index in [1.807, 2.05) is 30.0 Å². The highest BCUT2D eigenvalue weighted by Crippen LogP contribution is 2.50. The van der Waals surface area contributed by atoms with Gasteiger partial charge in [0.15, 0.2) is 0 Å². The normalized spacial score (nSPS) is 21.2. The van der Waals surface area contributed by atoms with Crippen LogP contribution in [-0.4, -0.2) is 23.8 Å². The first-order chi connectivity index (χ1) is 13.2. The molecule has 0 spiro atoms. The number of hydrogen-bond acceptors (Lipinski definition) is 3. The lowest BCUT2D eigenvalue weighted by Gasteiger charge is -2.43. The number of nitrogens with zero attached hydrogens (tertiary/aromatic N) is 2. The van der Waals surface area contributed by atoms with Gasteiger partial charge < -0.3 is 9.64 Å². The first-order valence-corrected chi connectivity index (χ1v) is 10.0. The van der Waals surface area contributed by atoms with Gasteiger partial charge in [-0.05, 0) is 87.9 Å². The van der Waals surface area contributed by atoms with Crippen LogP contribution >= 0.6 is 0 Å². The van der Waals surface area contributed by atoms with Crippen molar-refractivity contribution in [3.8, 4) is 5.75 Å². The summed E-state index contributed by atoms with van der Waals surface area (Å²) in [6, 6.07) is 10.2. The van der Waals surface area contributed by atoms with Gasteiger partial charge in [0.2, 0.25) is 0 Å². The van der Waals surface area contributed by atoms with Gasteiger partial charge in [-0.15, -0.1) is 0 Å². The zero-order valence-electron chi connectivity index (χ0n) is 17.6. The molecule has 28 heavy (non-hydrogen) atoms. The Morgan fingerprint density at radius 3 is 2.61 bits per heavy atom. The monoisotopic (exact) mass is 376 g/mol. The van der Waals surface area contributed by atoms with Crippen LogP contribution in [0.2, 0.25) is 0 Å². The molecule has 4 nitrogen and oxygen atoms in total. The summed E-state index contributed by atoms with van der Waals surface area (Å²) in [4.78, 5) is 20.2. The molecular weight excluding hydrogens is 348 g/mol. The fourth-order valence-corrected chi connectivity index (χ4v) is 4.57. The number of aliphatic imine (C=N–C) groups is 1. The van der Waals surface area contributed by atoms with Gasteiger partial charge in [-0.1, -0.05) is 13.0 Å². The molecule has 146 valence electrons. The lowest BCUT2D eigenvalue weighted by Crippen LogP contribution is -2.50. The predicted octanol–water partition coefficient (Wildman–Crippen LogP) is 5.46. The zero-order valence-corrected chi connectivity index (χ0v) is 17.6. The van der Waals surface area contributed by atoms with Crippen molar-refractivity contribution in [3.63, 3.8) is 0 Å². The number of carbonyl (C=O) groups excluding carboxylic acids is 1. The third-order valence-electron chi connectivity index (χ3n) is 5.98. The van der Waals surface area contributed by atoms with E-state index in [1.54, 1.807) is 0 Å². The predicted molar refractivity (Wildman–Crippen MR) is 114 cm³/mol. The molecule has 0 bridgehead atoms. The van der Waals surface area contributed by atoms with Gasteiger partial charge in [-0.2, -0.15) is 0 Å². The van der Waals surface area contributed by atoms with Gasteiger partial charge in [-0.25, -0.2) is 4.99 Å². The molecule has 0 saturated carbocycles. The summed E-state index contributed by atoms with van der Waals surface area (Å²) in [6.45, 7) is 13.2. The molecule has 0 unspecified atom stereocenters. The van der Waals surface area contributed by atoms with Gasteiger partial charge in [0.05, 0.1) is 18.0 Å². The minimum absolute atomic E-state index is 0.0139. The molecule has 0 radical (unpaired) electrons. The standard InChI is InChI=1S/C24H28N2O2/c1-7-28-18-11-19-16(4)13-24(5,6)26-22(19)20(12-18)21(23(26)27)25-17-9-8-14(2)15(3)10-17/h8-12,16H,7,13H2,1-6H3/t16-/m1/s1. The number of aryl methyl sites for hydroxylation is 2. The molecule has 0 saturated heterocycles. The van der Waals surface area contributed by atoms with Crippen LogP contribution in [0.4, 0.5) is 11.4 Å². The fourth-order valence-electron chi connectivity index (χ4n) is 4.57. The summed E-state index contributed by atoms with van der Waals surface area (Å²) < 4.78 is 5.82. The molecule has 1 atom stereocenters. The van der Waals surface area contributed by atoms with Crippen molar-refractivity contribution in [2.75, 3.05) is 11.5 Å². The molecule has 2 heterocycles.